The smallest absolute Gasteiger partial charge is 0.119 e. The highest BCUT2D eigenvalue weighted by molar-refractivity contribution is 5.26. The van der Waals surface area contributed by atoms with E-state index in [9.17, 15) is 0 Å². The molecule has 2 rings (SSSR count). The van der Waals surface area contributed by atoms with E-state index < -0.39 is 0 Å². The van der Waals surface area contributed by atoms with Crippen LogP contribution >= 0.6 is 0 Å². The van der Waals surface area contributed by atoms with Gasteiger partial charge in [-0.1, -0.05) is 12.1 Å². The molecule has 3 heteroatoms. The maximum absolute atomic E-state index is 8.87. The fourth-order valence-electron chi connectivity index (χ4n) is 1.66. The van der Waals surface area contributed by atoms with E-state index in [1.54, 1.807) is 0 Å². The third-order valence-corrected chi connectivity index (χ3v) is 2.57. The summed E-state index contributed by atoms with van der Waals surface area (Å²) in [5, 5.41) is 8.87. The zero-order valence-electron chi connectivity index (χ0n) is 8.69. The van der Waals surface area contributed by atoms with E-state index in [-0.39, 0.29) is 12.7 Å². The molecule has 3 nitrogen and oxygen atoms in total. The molecule has 0 bridgehead atoms. The quantitative estimate of drug-likeness (QED) is 0.819. The van der Waals surface area contributed by atoms with Gasteiger partial charge in [0.25, 0.3) is 0 Å². The molecule has 1 N–H and O–H groups in total. The van der Waals surface area contributed by atoms with Gasteiger partial charge < -0.3 is 14.6 Å². The fraction of sp³-hybridized carbons (Fsp3) is 0.500. The standard InChI is InChI=1S/C12H16O3/c13-8-10-3-5-11(6-4-10)15-9-12-2-1-7-14-12/h3-6,12-13H,1-2,7-9H2/t12-/m0/s1. The Hall–Kier alpha value is -1.06. The highest BCUT2D eigenvalue weighted by atomic mass is 16.5. The molecule has 1 aromatic rings. The van der Waals surface area contributed by atoms with Crippen molar-refractivity contribution in [3.8, 4) is 5.75 Å². The number of aliphatic hydroxyl groups excluding tert-OH is 1. The van der Waals surface area contributed by atoms with Crippen LogP contribution in [-0.4, -0.2) is 24.4 Å². The maximum Gasteiger partial charge on any atom is 0.119 e. The van der Waals surface area contributed by atoms with E-state index in [1.165, 1.54) is 0 Å². The van der Waals surface area contributed by atoms with Gasteiger partial charge in [0.05, 0.1) is 12.7 Å². The minimum absolute atomic E-state index is 0.0754. The lowest BCUT2D eigenvalue weighted by Crippen LogP contribution is -2.16. The second kappa shape index (κ2) is 5.14. The second-order valence-electron chi connectivity index (χ2n) is 3.75. The van der Waals surface area contributed by atoms with Crippen molar-refractivity contribution in [2.24, 2.45) is 0 Å². The summed E-state index contributed by atoms with van der Waals surface area (Å²) in [6.45, 7) is 1.56. The van der Waals surface area contributed by atoms with Crippen LogP contribution in [0.1, 0.15) is 18.4 Å². The van der Waals surface area contributed by atoms with Gasteiger partial charge in [-0.3, -0.25) is 0 Å². The molecular weight excluding hydrogens is 192 g/mol. The summed E-state index contributed by atoms with van der Waals surface area (Å²) >= 11 is 0. The Kier molecular flexibility index (Phi) is 3.59. The van der Waals surface area contributed by atoms with Crippen molar-refractivity contribution >= 4 is 0 Å². The van der Waals surface area contributed by atoms with Crippen molar-refractivity contribution < 1.29 is 14.6 Å². The van der Waals surface area contributed by atoms with Crippen LogP contribution in [-0.2, 0) is 11.3 Å². The molecule has 0 unspecified atom stereocenters. The highest BCUT2D eigenvalue weighted by Crippen LogP contribution is 2.16. The van der Waals surface area contributed by atoms with Crippen molar-refractivity contribution in [1.29, 1.82) is 0 Å². The normalized spacial score (nSPS) is 20.5. The topological polar surface area (TPSA) is 38.7 Å². The molecule has 0 aromatic heterocycles. The molecule has 0 amide bonds. The molecule has 15 heavy (non-hydrogen) atoms. The highest BCUT2D eigenvalue weighted by Gasteiger charge is 2.15. The molecule has 0 spiro atoms. The monoisotopic (exact) mass is 208 g/mol. The van der Waals surface area contributed by atoms with Crippen LogP contribution in [0.5, 0.6) is 5.75 Å². The first kappa shape index (κ1) is 10.5. The van der Waals surface area contributed by atoms with Gasteiger partial charge in [-0.25, -0.2) is 0 Å². The summed E-state index contributed by atoms with van der Waals surface area (Å²) in [4.78, 5) is 0. The summed E-state index contributed by atoms with van der Waals surface area (Å²) in [5.41, 5.74) is 0.902. The van der Waals surface area contributed by atoms with Crippen LogP contribution in [0.15, 0.2) is 24.3 Å². The lowest BCUT2D eigenvalue weighted by molar-refractivity contribution is 0.0679. The van der Waals surface area contributed by atoms with E-state index in [0.29, 0.717) is 6.61 Å². The Labute approximate surface area is 89.6 Å². The van der Waals surface area contributed by atoms with Crippen LogP contribution in [0.4, 0.5) is 0 Å². The van der Waals surface area contributed by atoms with E-state index in [4.69, 9.17) is 14.6 Å². The molecule has 0 aliphatic carbocycles. The summed E-state index contributed by atoms with van der Waals surface area (Å²) in [6, 6.07) is 7.48. The SMILES string of the molecule is OCc1ccc(OC[C@@H]2CCCO2)cc1. The van der Waals surface area contributed by atoms with Crippen molar-refractivity contribution in [3.63, 3.8) is 0 Å². The summed E-state index contributed by atoms with van der Waals surface area (Å²) in [7, 11) is 0. The van der Waals surface area contributed by atoms with Gasteiger partial charge >= 0.3 is 0 Å². The van der Waals surface area contributed by atoms with Crippen LogP contribution in [0.25, 0.3) is 0 Å². The summed E-state index contributed by atoms with van der Waals surface area (Å²) in [6.07, 6.45) is 2.48. The zero-order valence-corrected chi connectivity index (χ0v) is 8.69. The minimum atomic E-state index is 0.0754. The van der Waals surface area contributed by atoms with Crippen LogP contribution in [0, 0.1) is 0 Å². The van der Waals surface area contributed by atoms with Gasteiger partial charge in [0, 0.05) is 6.61 Å². The molecule has 1 saturated heterocycles. The molecule has 1 aliphatic rings. The molecule has 1 heterocycles. The van der Waals surface area contributed by atoms with E-state index in [1.807, 2.05) is 24.3 Å². The molecule has 0 radical (unpaired) electrons. The van der Waals surface area contributed by atoms with Crippen molar-refractivity contribution in [2.75, 3.05) is 13.2 Å². The third-order valence-electron chi connectivity index (χ3n) is 2.57. The molecule has 1 fully saturated rings. The first-order valence-electron chi connectivity index (χ1n) is 5.32. The first-order valence-corrected chi connectivity index (χ1v) is 5.32. The van der Waals surface area contributed by atoms with Gasteiger partial charge in [0.2, 0.25) is 0 Å². The molecule has 82 valence electrons. The number of aliphatic hydroxyl groups is 1. The van der Waals surface area contributed by atoms with Gasteiger partial charge in [-0.05, 0) is 30.5 Å². The average Bonchev–Trinajstić information content (AvgIpc) is 2.80. The number of hydrogen-bond donors (Lipinski definition) is 1. The molecule has 1 aromatic carbocycles. The predicted molar refractivity (Wildman–Crippen MR) is 56.8 cm³/mol. The Balaban J connectivity index is 1.82. The van der Waals surface area contributed by atoms with Gasteiger partial charge in [0.15, 0.2) is 0 Å². The molecule has 1 aliphatic heterocycles. The summed E-state index contributed by atoms with van der Waals surface area (Å²) in [5.74, 6) is 0.836. The molecule has 0 saturated carbocycles. The Morgan fingerprint density at radius 1 is 1.33 bits per heavy atom. The number of benzene rings is 1. The zero-order chi connectivity index (χ0) is 10.5. The van der Waals surface area contributed by atoms with Crippen molar-refractivity contribution in [1.82, 2.24) is 0 Å². The molecule has 1 atom stereocenters. The third kappa shape index (κ3) is 2.94. The number of hydrogen-bond acceptors (Lipinski definition) is 3. The van der Waals surface area contributed by atoms with Crippen molar-refractivity contribution in [3.05, 3.63) is 29.8 Å². The molecular formula is C12H16O3. The summed E-state index contributed by atoms with van der Waals surface area (Å²) < 4.78 is 11.0. The van der Waals surface area contributed by atoms with Crippen LogP contribution < -0.4 is 4.74 Å². The number of ether oxygens (including phenoxy) is 2. The number of rotatable bonds is 4. The van der Waals surface area contributed by atoms with E-state index >= 15 is 0 Å². The lowest BCUT2D eigenvalue weighted by Gasteiger charge is -2.11. The Morgan fingerprint density at radius 3 is 2.73 bits per heavy atom. The van der Waals surface area contributed by atoms with Crippen molar-refractivity contribution in [2.45, 2.75) is 25.6 Å². The Bertz CT molecular complexity index is 288. The van der Waals surface area contributed by atoms with E-state index in [0.717, 1.165) is 30.8 Å². The first-order chi connectivity index (χ1) is 7.38. The predicted octanol–water partition coefficient (Wildman–Crippen LogP) is 1.74. The van der Waals surface area contributed by atoms with Gasteiger partial charge in [-0.15, -0.1) is 0 Å². The Morgan fingerprint density at radius 2 is 2.13 bits per heavy atom. The fourth-order valence-corrected chi connectivity index (χ4v) is 1.66. The average molecular weight is 208 g/mol. The lowest BCUT2D eigenvalue weighted by atomic mass is 10.2. The van der Waals surface area contributed by atoms with E-state index in [2.05, 4.69) is 0 Å². The van der Waals surface area contributed by atoms with Crippen LogP contribution in [0.3, 0.4) is 0 Å². The van der Waals surface area contributed by atoms with Crippen LogP contribution in [0.2, 0.25) is 0 Å². The van der Waals surface area contributed by atoms with Gasteiger partial charge in [-0.2, -0.15) is 0 Å². The minimum Gasteiger partial charge on any atom is -0.491 e. The van der Waals surface area contributed by atoms with Gasteiger partial charge in [0.1, 0.15) is 12.4 Å². The largest absolute Gasteiger partial charge is 0.491 e. The second-order valence-corrected chi connectivity index (χ2v) is 3.75. The maximum atomic E-state index is 8.87.